The van der Waals surface area contributed by atoms with Crippen LogP contribution in [0.2, 0.25) is 0 Å². The molecule has 5 heteroatoms. The predicted molar refractivity (Wildman–Crippen MR) is 62.5 cm³/mol. The zero-order valence-corrected chi connectivity index (χ0v) is 9.25. The first kappa shape index (κ1) is 11.1. The smallest absolute Gasteiger partial charge is 0.250 e. The minimum Gasteiger partial charge on any atom is -0.494 e. The Morgan fingerprint density at radius 3 is 2.47 bits per heavy atom. The van der Waals surface area contributed by atoms with Gasteiger partial charge in [-0.05, 0) is 12.1 Å². The third-order valence-electron chi connectivity index (χ3n) is 2.38. The Morgan fingerprint density at radius 1 is 1.18 bits per heavy atom. The average molecular weight is 229 g/mol. The number of methoxy groups -OCH3 is 1. The fourth-order valence-electron chi connectivity index (χ4n) is 1.59. The van der Waals surface area contributed by atoms with E-state index in [1.807, 2.05) is 0 Å². The fraction of sp³-hybridized carbons (Fsp3) is 0.0833. The number of ether oxygens (including phenoxy) is 1. The topological polar surface area (TPSA) is 78.1 Å². The van der Waals surface area contributed by atoms with Gasteiger partial charge in [0.15, 0.2) is 0 Å². The molecule has 0 bridgehead atoms. The maximum absolute atomic E-state index is 11.3. The summed E-state index contributed by atoms with van der Waals surface area (Å²) in [5, 5.41) is 0. The molecular formula is C12H11N3O2. The lowest BCUT2D eigenvalue weighted by Crippen LogP contribution is -2.12. The minimum absolute atomic E-state index is 0.358. The lowest BCUT2D eigenvalue weighted by molar-refractivity contribution is 0.100. The van der Waals surface area contributed by atoms with E-state index < -0.39 is 5.91 Å². The molecule has 0 spiro atoms. The van der Waals surface area contributed by atoms with E-state index in [9.17, 15) is 4.79 Å². The summed E-state index contributed by atoms with van der Waals surface area (Å²) in [5.41, 5.74) is 7.12. The molecule has 0 aromatic carbocycles. The van der Waals surface area contributed by atoms with E-state index >= 15 is 0 Å². The highest BCUT2D eigenvalue weighted by molar-refractivity contribution is 6.00. The number of hydrogen-bond acceptors (Lipinski definition) is 4. The molecule has 86 valence electrons. The largest absolute Gasteiger partial charge is 0.494 e. The third-order valence-corrected chi connectivity index (χ3v) is 2.38. The summed E-state index contributed by atoms with van der Waals surface area (Å²) in [6.07, 6.45) is 6.25. The van der Waals surface area contributed by atoms with Gasteiger partial charge in [-0.25, -0.2) is 0 Å². The van der Waals surface area contributed by atoms with Gasteiger partial charge in [0.25, 0.3) is 5.91 Å². The Balaban J connectivity index is 2.64. The summed E-state index contributed by atoms with van der Waals surface area (Å²) < 4.78 is 5.20. The molecule has 0 atom stereocenters. The van der Waals surface area contributed by atoms with E-state index in [-0.39, 0.29) is 0 Å². The predicted octanol–water partition coefficient (Wildman–Crippen LogP) is 1.25. The highest BCUT2D eigenvalue weighted by Gasteiger charge is 2.13. The first-order chi connectivity index (χ1) is 8.24. The van der Waals surface area contributed by atoms with Crippen molar-refractivity contribution in [2.75, 3.05) is 7.11 Å². The van der Waals surface area contributed by atoms with Crippen LogP contribution in [0.25, 0.3) is 11.1 Å². The molecule has 0 aliphatic heterocycles. The molecule has 2 aromatic rings. The monoisotopic (exact) mass is 229 g/mol. The maximum atomic E-state index is 11.3. The van der Waals surface area contributed by atoms with Crippen molar-refractivity contribution >= 4 is 5.91 Å². The van der Waals surface area contributed by atoms with Gasteiger partial charge in [-0.2, -0.15) is 0 Å². The minimum atomic E-state index is -0.521. The van der Waals surface area contributed by atoms with E-state index in [1.54, 1.807) is 37.8 Å². The second-order valence-electron chi connectivity index (χ2n) is 3.36. The molecule has 17 heavy (non-hydrogen) atoms. The molecule has 2 aromatic heterocycles. The number of carbonyl (C=O) groups is 1. The quantitative estimate of drug-likeness (QED) is 0.859. The van der Waals surface area contributed by atoms with Crippen LogP contribution in [0.3, 0.4) is 0 Å². The third kappa shape index (κ3) is 2.08. The molecule has 0 radical (unpaired) electrons. The van der Waals surface area contributed by atoms with Gasteiger partial charge in [-0.1, -0.05) is 0 Å². The Kier molecular flexibility index (Phi) is 3.00. The second kappa shape index (κ2) is 4.61. The maximum Gasteiger partial charge on any atom is 0.250 e. The van der Waals surface area contributed by atoms with Gasteiger partial charge in [0, 0.05) is 29.7 Å². The van der Waals surface area contributed by atoms with Gasteiger partial charge < -0.3 is 10.5 Å². The SMILES string of the molecule is COc1cnccc1-c1ccncc1C(N)=O. The van der Waals surface area contributed by atoms with Gasteiger partial charge in [0.2, 0.25) is 0 Å². The van der Waals surface area contributed by atoms with Crippen molar-refractivity contribution in [1.29, 1.82) is 0 Å². The molecular weight excluding hydrogens is 218 g/mol. The molecule has 0 aliphatic carbocycles. The summed E-state index contributed by atoms with van der Waals surface area (Å²) in [7, 11) is 1.55. The van der Waals surface area contributed by atoms with E-state index in [0.717, 1.165) is 5.56 Å². The normalized spacial score (nSPS) is 9.94. The number of aromatic nitrogens is 2. The van der Waals surface area contributed by atoms with Crippen molar-refractivity contribution in [3.63, 3.8) is 0 Å². The second-order valence-corrected chi connectivity index (χ2v) is 3.36. The number of amides is 1. The number of nitrogens with two attached hydrogens (primary N) is 1. The molecule has 0 saturated carbocycles. The number of primary amides is 1. The number of carbonyl (C=O) groups excluding carboxylic acids is 1. The molecule has 0 aliphatic rings. The highest BCUT2D eigenvalue weighted by Crippen LogP contribution is 2.30. The fourth-order valence-corrected chi connectivity index (χ4v) is 1.59. The van der Waals surface area contributed by atoms with Crippen LogP contribution in [0.1, 0.15) is 10.4 Å². The van der Waals surface area contributed by atoms with E-state index in [4.69, 9.17) is 10.5 Å². The van der Waals surface area contributed by atoms with Crippen LogP contribution < -0.4 is 10.5 Å². The summed E-state index contributed by atoms with van der Waals surface area (Å²) in [6, 6.07) is 3.48. The van der Waals surface area contributed by atoms with Crippen molar-refractivity contribution in [2.24, 2.45) is 5.73 Å². The van der Waals surface area contributed by atoms with Crippen LogP contribution in [-0.4, -0.2) is 23.0 Å². The Bertz CT molecular complexity index is 555. The molecule has 0 unspecified atom stereocenters. The molecule has 2 rings (SSSR count). The van der Waals surface area contributed by atoms with E-state index in [1.165, 1.54) is 6.20 Å². The molecule has 0 fully saturated rings. The summed E-state index contributed by atoms with van der Waals surface area (Å²) >= 11 is 0. The number of pyridine rings is 2. The van der Waals surface area contributed by atoms with Gasteiger partial charge >= 0.3 is 0 Å². The molecule has 2 heterocycles. The van der Waals surface area contributed by atoms with Gasteiger partial charge in [-0.3, -0.25) is 14.8 Å². The van der Waals surface area contributed by atoms with Gasteiger partial charge in [0.05, 0.1) is 18.9 Å². The Hall–Kier alpha value is -2.43. The number of rotatable bonds is 3. The van der Waals surface area contributed by atoms with Crippen LogP contribution in [0.15, 0.2) is 36.9 Å². The van der Waals surface area contributed by atoms with Crippen LogP contribution in [0, 0.1) is 0 Å². The van der Waals surface area contributed by atoms with Crippen LogP contribution in [0.5, 0.6) is 5.75 Å². The first-order valence-corrected chi connectivity index (χ1v) is 4.96. The van der Waals surface area contributed by atoms with Crippen LogP contribution in [0.4, 0.5) is 0 Å². The summed E-state index contributed by atoms with van der Waals surface area (Å²) in [5.74, 6) is 0.0631. The molecule has 1 amide bonds. The van der Waals surface area contributed by atoms with Crippen molar-refractivity contribution in [2.45, 2.75) is 0 Å². The summed E-state index contributed by atoms with van der Waals surface area (Å²) in [6.45, 7) is 0. The zero-order chi connectivity index (χ0) is 12.3. The highest BCUT2D eigenvalue weighted by atomic mass is 16.5. The van der Waals surface area contributed by atoms with Crippen LogP contribution >= 0.6 is 0 Å². The molecule has 2 N–H and O–H groups in total. The first-order valence-electron chi connectivity index (χ1n) is 4.96. The van der Waals surface area contributed by atoms with Gasteiger partial charge in [0.1, 0.15) is 5.75 Å². The van der Waals surface area contributed by atoms with Crippen LogP contribution in [-0.2, 0) is 0 Å². The van der Waals surface area contributed by atoms with E-state index in [0.29, 0.717) is 16.9 Å². The summed E-state index contributed by atoms with van der Waals surface area (Å²) in [4.78, 5) is 19.2. The molecule has 0 saturated heterocycles. The lowest BCUT2D eigenvalue weighted by Gasteiger charge is -2.09. The van der Waals surface area contributed by atoms with Crippen molar-refractivity contribution < 1.29 is 9.53 Å². The van der Waals surface area contributed by atoms with Crippen molar-refractivity contribution in [1.82, 2.24) is 9.97 Å². The van der Waals surface area contributed by atoms with Gasteiger partial charge in [-0.15, -0.1) is 0 Å². The lowest BCUT2D eigenvalue weighted by atomic mass is 10.0. The molecule has 5 nitrogen and oxygen atoms in total. The number of hydrogen-bond donors (Lipinski definition) is 1. The standard InChI is InChI=1S/C12H11N3O2/c1-17-11-7-15-5-3-9(11)8-2-4-14-6-10(8)12(13)16/h2-7H,1H3,(H2,13,16). The zero-order valence-electron chi connectivity index (χ0n) is 9.25. The average Bonchev–Trinajstić information content (AvgIpc) is 2.38. The van der Waals surface area contributed by atoms with Crippen molar-refractivity contribution in [3.05, 3.63) is 42.5 Å². The van der Waals surface area contributed by atoms with Crippen molar-refractivity contribution in [3.8, 4) is 16.9 Å². The Labute approximate surface area is 98.3 Å². The Morgan fingerprint density at radius 2 is 1.82 bits per heavy atom. The van der Waals surface area contributed by atoms with E-state index in [2.05, 4.69) is 9.97 Å². The number of nitrogens with zero attached hydrogens (tertiary/aromatic N) is 2.